The second-order valence-electron chi connectivity index (χ2n) is 8.89. The molecule has 1 aliphatic carbocycles. The molecule has 0 unspecified atom stereocenters. The lowest BCUT2D eigenvalue weighted by atomic mass is 9.76. The molecule has 0 spiro atoms. The Labute approximate surface area is 146 Å². The van der Waals surface area contributed by atoms with Crippen molar-refractivity contribution in [3.8, 4) is 11.5 Å². The van der Waals surface area contributed by atoms with Crippen molar-refractivity contribution in [1.29, 1.82) is 0 Å². The van der Waals surface area contributed by atoms with Gasteiger partial charge in [-0.1, -0.05) is 46.7 Å². The Balaban J connectivity index is 2.26. The van der Waals surface area contributed by atoms with E-state index >= 15 is 0 Å². The molecule has 1 aromatic rings. The van der Waals surface area contributed by atoms with E-state index in [2.05, 4.69) is 57.2 Å². The zero-order valence-corrected chi connectivity index (χ0v) is 16.8. The first kappa shape index (κ1) is 19.1. The molecular weight excluding hydrogens is 317 g/mol. The Kier molecular flexibility index (Phi) is 5.27. The molecule has 0 atom stereocenters. The minimum absolute atomic E-state index is 0.129. The average molecular weight is 348 g/mol. The van der Waals surface area contributed by atoms with Crippen LogP contribution in [0.5, 0.6) is 0 Å². The summed E-state index contributed by atoms with van der Waals surface area (Å²) < 4.78 is 14.5. The largest absolute Gasteiger partial charge is 0.385 e. The summed E-state index contributed by atoms with van der Waals surface area (Å²) in [5, 5.41) is 10.9. The molecule has 0 amide bonds. The van der Waals surface area contributed by atoms with Crippen LogP contribution in [0.3, 0.4) is 0 Å². The van der Waals surface area contributed by atoms with Crippen molar-refractivity contribution in [3.63, 3.8) is 0 Å². The molecule has 1 saturated carbocycles. The molecular formula is C20H30FNOSi. The van der Waals surface area contributed by atoms with Crippen LogP contribution in [0.1, 0.15) is 64.6 Å². The molecule has 4 heteroatoms. The summed E-state index contributed by atoms with van der Waals surface area (Å²) >= 11 is 0. The number of hydrogen-bond donors (Lipinski definition) is 1. The molecule has 0 aromatic carbocycles. The van der Waals surface area contributed by atoms with E-state index in [1.807, 2.05) is 0 Å². The number of nitrogens with zero attached hydrogens (tertiary/aromatic N) is 1. The van der Waals surface area contributed by atoms with Crippen molar-refractivity contribution in [2.75, 3.05) is 0 Å². The Morgan fingerprint density at radius 3 is 2.38 bits per heavy atom. The lowest BCUT2D eigenvalue weighted by Crippen LogP contribution is -2.35. The van der Waals surface area contributed by atoms with E-state index in [9.17, 15) is 9.50 Å². The van der Waals surface area contributed by atoms with Gasteiger partial charge in [0.2, 0.25) is 0 Å². The number of pyridine rings is 1. The van der Waals surface area contributed by atoms with Gasteiger partial charge < -0.3 is 5.11 Å². The fourth-order valence-electron chi connectivity index (χ4n) is 2.72. The van der Waals surface area contributed by atoms with Gasteiger partial charge >= 0.3 is 0 Å². The van der Waals surface area contributed by atoms with Gasteiger partial charge in [0.1, 0.15) is 13.8 Å². The van der Waals surface area contributed by atoms with Gasteiger partial charge in [-0.3, -0.25) is 0 Å². The van der Waals surface area contributed by atoms with E-state index in [-0.39, 0.29) is 10.7 Å². The SMILES string of the molecule is CC1CCC(O)(c2cnc(C#C[Si](C)(C)C(C)(C)C)c(F)c2)CC1. The van der Waals surface area contributed by atoms with Crippen molar-refractivity contribution in [3.05, 3.63) is 29.3 Å². The highest BCUT2D eigenvalue weighted by atomic mass is 28.3. The van der Waals surface area contributed by atoms with E-state index in [4.69, 9.17) is 0 Å². The lowest BCUT2D eigenvalue weighted by Gasteiger charge is -2.35. The second kappa shape index (κ2) is 6.61. The normalized spacial score (nSPS) is 25.1. The van der Waals surface area contributed by atoms with Gasteiger partial charge in [-0.25, -0.2) is 9.37 Å². The van der Waals surface area contributed by atoms with Crippen LogP contribution in [0.4, 0.5) is 4.39 Å². The monoisotopic (exact) mass is 347 g/mol. The van der Waals surface area contributed by atoms with Gasteiger partial charge in [-0.2, -0.15) is 0 Å². The molecule has 1 N–H and O–H groups in total. The maximum absolute atomic E-state index is 14.5. The molecule has 24 heavy (non-hydrogen) atoms. The minimum atomic E-state index is -1.80. The number of hydrogen-bond acceptors (Lipinski definition) is 2. The molecule has 0 radical (unpaired) electrons. The average Bonchev–Trinajstić information content (AvgIpc) is 2.48. The summed E-state index contributed by atoms with van der Waals surface area (Å²) in [7, 11) is -1.80. The first-order chi connectivity index (χ1) is 10.9. The van der Waals surface area contributed by atoms with Crippen LogP contribution < -0.4 is 0 Å². The van der Waals surface area contributed by atoms with Crippen LogP contribution in [0.2, 0.25) is 18.1 Å². The van der Waals surface area contributed by atoms with Crippen molar-refractivity contribution in [2.45, 2.75) is 77.1 Å². The van der Waals surface area contributed by atoms with Crippen LogP contribution >= 0.6 is 0 Å². The quantitative estimate of drug-likeness (QED) is 0.572. The second-order valence-corrected chi connectivity index (χ2v) is 13.9. The summed E-state index contributed by atoms with van der Waals surface area (Å²) in [5.74, 6) is 3.15. The molecule has 2 nitrogen and oxygen atoms in total. The standard InChI is InChI=1S/C20H30FNOSi/c1-15-7-10-20(23,11-8-15)16-13-17(21)18(22-14-16)9-12-24(5,6)19(2,3)4/h13-15,23H,7-8,10-11H2,1-6H3. The summed E-state index contributed by atoms with van der Waals surface area (Å²) in [4.78, 5) is 4.22. The predicted octanol–water partition coefficient (Wildman–Crippen LogP) is 5.02. The van der Waals surface area contributed by atoms with E-state index in [0.717, 1.165) is 12.8 Å². The van der Waals surface area contributed by atoms with Gasteiger partial charge in [-0.05, 0) is 42.7 Å². The highest BCUT2D eigenvalue weighted by Gasteiger charge is 2.35. The molecule has 0 aliphatic heterocycles. The lowest BCUT2D eigenvalue weighted by molar-refractivity contribution is -0.0125. The van der Waals surface area contributed by atoms with Crippen molar-refractivity contribution >= 4 is 8.07 Å². The third-order valence-corrected chi connectivity index (χ3v) is 10.3. The first-order valence-electron chi connectivity index (χ1n) is 8.86. The van der Waals surface area contributed by atoms with Gasteiger partial charge in [0.05, 0.1) is 5.60 Å². The van der Waals surface area contributed by atoms with Gasteiger partial charge in [0, 0.05) is 11.8 Å². The van der Waals surface area contributed by atoms with Crippen LogP contribution in [0.15, 0.2) is 12.3 Å². The van der Waals surface area contributed by atoms with E-state index in [0.29, 0.717) is 24.3 Å². The van der Waals surface area contributed by atoms with Crippen molar-refractivity contribution < 1.29 is 9.50 Å². The summed E-state index contributed by atoms with van der Waals surface area (Å²) in [6, 6.07) is 1.43. The topological polar surface area (TPSA) is 33.1 Å². The predicted molar refractivity (Wildman–Crippen MR) is 99.8 cm³/mol. The number of aliphatic hydroxyl groups is 1. The smallest absolute Gasteiger partial charge is 0.157 e. The Bertz CT molecular complexity index is 658. The van der Waals surface area contributed by atoms with Crippen LogP contribution in [0, 0.1) is 23.2 Å². The zero-order valence-electron chi connectivity index (χ0n) is 15.8. The van der Waals surface area contributed by atoms with Crippen LogP contribution in [-0.4, -0.2) is 18.2 Å². The first-order valence-corrected chi connectivity index (χ1v) is 11.9. The molecule has 0 bridgehead atoms. The Hall–Kier alpha value is -1.18. The highest BCUT2D eigenvalue weighted by Crippen LogP contribution is 2.39. The van der Waals surface area contributed by atoms with E-state index < -0.39 is 19.5 Å². The third-order valence-electron chi connectivity index (χ3n) is 5.85. The van der Waals surface area contributed by atoms with E-state index in [1.54, 1.807) is 6.20 Å². The maximum atomic E-state index is 14.5. The molecule has 0 saturated heterocycles. The fraction of sp³-hybridized carbons (Fsp3) is 0.650. The molecule has 2 rings (SSSR count). The summed E-state index contributed by atoms with van der Waals surface area (Å²) in [6.07, 6.45) is 4.87. The van der Waals surface area contributed by atoms with Crippen molar-refractivity contribution in [2.24, 2.45) is 5.92 Å². The van der Waals surface area contributed by atoms with Crippen LogP contribution in [-0.2, 0) is 5.60 Å². The van der Waals surface area contributed by atoms with Gasteiger partial charge in [0.25, 0.3) is 0 Å². The molecule has 1 aliphatic rings. The molecule has 1 aromatic heterocycles. The highest BCUT2D eigenvalue weighted by molar-refractivity contribution is 6.87. The Morgan fingerprint density at radius 1 is 1.29 bits per heavy atom. The fourth-order valence-corrected chi connectivity index (χ4v) is 3.52. The number of rotatable bonds is 1. The Morgan fingerprint density at radius 2 is 1.88 bits per heavy atom. The maximum Gasteiger partial charge on any atom is 0.157 e. The van der Waals surface area contributed by atoms with Crippen molar-refractivity contribution in [1.82, 2.24) is 4.98 Å². The molecule has 132 valence electrons. The molecule has 1 fully saturated rings. The van der Waals surface area contributed by atoms with E-state index in [1.165, 1.54) is 6.07 Å². The van der Waals surface area contributed by atoms with Crippen LogP contribution in [0.25, 0.3) is 0 Å². The summed E-state index contributed by atoms with van der Waals surface area (Å²) in [5.41, 5.74) is 3.13. The number of halogens is 1. The zero-order chi connectivity index (χ0) is 18.2. The number of aromatic nitrogens is 1. The molecule has 1 heterocycles. The summed E-state index contributed by atoms with van der Waals surface area (Å²) in [6.45, 7) is 13.1. The third kappa shape index (κ3) is 4.07. The van der Waals surface area contributed by atoms with Gasteiger partial charge in [-0.15, -0.1) is 5.54 Å². The van der Waals surface area contributed by atoms with Gasteiger partial charge in [0.15, 0.2) is 5.82 Å². The minimum Gasteiger partial charge on any atom is -0.385 e.